The second-order valence-electron chi connectivity index (χ2n) is 7.55. The van der Waals surface area contributed by atoms with Gasteiger partial charge in [-0.25, -0.2) is 0 Å². The van der Waals surface area contributed by atoms with E-state index in [1.807, 2.05) is 26.1 Å². The molecule has 3 rings (SSSR count). The Balaban J connectivity index is 1.72. The van der Waals surface area contributed by atoms with Crippen LogP contribution in [0.4, 0.5) is 18.9 Å². The third kappa shape index (κ3) is 5.98. The van der Waals surface area contributed by atoms with Crippen molar-refractivity contribution >= 4 is 11.6 Å². The van der Waals surface area contributed by atoms with Crippen molar-refractivity contribution in [3.8, 4) is 0 Å². The van der Waals surface area contributed by atoms with Crippen LogP contribution in [0.25, 0.3) is 0 Å². The lowest BCUT2D eigenvalue weighted by molar-refractivity contribution is -0.137. The predicted octanol–water partition coefficient (Wildman–Crippen LogP) is 3.96. The van der Waals surface area contributed by atoms with Gasteiger partial charge in [-0.1, -0.05) is 12.1 Å². The lowest BCUT2D eigenvalue weighted by Gasteiger charge is -2.35. The Morgan fingerprint density at radius 2 is 1.71 bits per heavy atom. The molecule has 2 aromatic rings. The third-order valence-corrected chi connectivity index (χ3v) is 5.61. The minimum absolute atomic E-state index is 0.212. The Labute approximate surface area is 180 Å². The fraction of sp³-hybridized carbons (Fsp3) is 0.435. The predicted molar refractivity (Wildman–Crippen MR) is 114 cm³/mol. The first-order valence-electron chi connectivity index (χ1n) is 10.4. The molecular formula is C23H28F3N3O2. The molecule has 1 fully saturated rings. The molecule has 8 heteroatoms. The van der Waals surface area contributed by atoms with Gasteiger partial charge in [0.15, 0.2) is 0 Å². The van der Waals surface area contributed by atoms with Gasteiger partial charge < -0.3 is 15.0 Å². The van der Waals surface area contributed by atoms with E-state index in [2.05, 4.69) is 15.1 Å². The number of benzene rings is 2. The van der Waals surface area contributed by atoms with E-state index in [1.165, 1.54) is 12.1 Å². The first-order valence-corrected chi connectivity index (χ1v) is 10.4. The Morgan fingerprint density at radius 1 is 1.10 bits per heavy atom. The van der Waals surface area contributed by atoms with Gasteiger partial charge in [0.2, 0.25) is 0 Å². The molecule has 168 valence electrons. The molecule has 1 unspecified atom stereocenters. The standard InChI is InChI=1S/C23H28F3N3O2/c1-3-28(2)20-10-6-18(7-11-20)22(30)27-16-21(29-12-14-31-15-13-29)17-4-8-19(9-5-17)23(24,25)26/h4-11,21H,3,12-16H2,1-2H3,(H,27,30). The summed E-state index contributed by atoms with van der Waals surface area (Å²) in [5, 5.41) is 2.95. The van der Waals surface area contributed by atoms with E-state index < -0.39 is 11.7 Å². The van der Waals surface area contributed by atoms with Crippen LogP contribution in [0.5, 0.6) is 0 Å². The molecule has 0 aromatic heterocycles. The summed E-state index contributed by atoms with van der Waals surface area (Å²) in [5.74, 6) is -0.212. The highest BCUT2D eigenvalue weighted by molar-refractivity contribution is 5.94. The summed E-state index contributed by atoms with van der Waals surface area (Å²) in [4.78, 5) is 16.9. The zero-order valence-corrected chi connectivity index (χ0v) is 17.8. The van der Waals surface area contributed by atoms with Gasteiger partial charge >= 0.3 is 6.18 Å². The molecule has 5 nitrogen and oxygen atoms in total. The molecule has 0 aliphatic carbocycles. The van der Waals surface area contributed by atoms with Crippen molar-refractivity contribution in [1.29, 1.82) is 0 Å². The highest BCUT2D eigenvalue weighted by Gasteiger charge is 2.31. The quantitative estimate of drug-likeness (QED) is 0.715. The number of halogens is 3. The van der Waals surface area contributed by atoms with Crippen molar-refractivity contribution in [2.24, 2.45) is 0 Å². The average molecular weight is 435 g/mol. The second kappa shape index (κ2) is 10.2. The number of anilines is 1. The molecule has 1 N–H and O–H groups in total. The topological polar surface area (TPSA) is 44.8 Å². The van der Waals surface area contributed by atoms with Gasteiger partial charge in [-0.05, 0) is 48.9 Å². The molecule has 0 spiro atoms. The van der Waals surface area contributed by atoms with Crippen LogP contribution in [0.15, 0.2) is 48.5 Å². The maximum atomic E-state index is 12.9. The SMILES string of the molecule is CCN(C)c1ccc(C(=O)NCC(c2ccc(C(F)(F)F)cc2)N2CCOCC2)cc1. The summed E-state index contributed by atoms with van der Waals surface area (Å²) < 4.78 is 44.2. The van der Waals surface area contributed by atoms with Crippen molar-refractivity contribution in [3.05, 3.63) is 65.2 Å². The molecule has 1 aliphatic rings. The van der Waals surface area contributed by atoms with E-state index >= 15 is 0 Å². The lowest BCUT2D eigenvalue weighted by atomic mass is 10.0. The number of alkyl halides is 3. The molecule has 1 saturated heterocycles. The minimum Gasteiger partial charge on any atom is -0.379 e. The van der Waals surface area contributed by atoms with Crippen molar-refractivity contribution in [3.63, 3.8) is 0 Å². The zero-order chi connectivity index (χ0) is 22.4. The highest BCUT2D eigenvalue weighted by Crippen LogP contribution is 2.31. The number of ether oxygens (including phenoxy) is 1. The Kier molecular flexibility index (Phi) is 7.56. The van der Waals surface area contributed by atoms with Gasteiger partial charge in [-0.3, -0.25) is 9.69 Å². The van der Waals surface area contributed by atoms with Gasteiger partial charge in [0.05, 0.1) is 24.8 Å². The van der Waals surface area contributed by atoms with Crippen LogP contribution in [0, 0.1) is 0 Å². The molecule has 1 atom stereocenters. The molecule has 31 heavy (non-hydrogen) atoms. The van der Waals surface area contributed by atoms with Gasteiger partial charge in [0, 0.05) is 44.5 Å². The molecule has 2 aromatic carbocycles. The van der Waals surface area contributed by atoms with Crippen LogP contribution in [0.3, 0.4) is 0 Å². The van der Waals surface area contributed by atoms with Gasteiger partial charge in [-0.15, -0.1) is 0 Å². The summed E-state index contributed by atoms with van der Waals surface area (Å²) in [6.07, 6.45) is -4.38. The number of hydrogen-bond donors (Lipinski definition) is 1. The van der Waals surface area contributed by atoms with Crippen molar-refractivity contribution < 1.29 is 22.7 Å². The summed E-state index contributed by atoms with van der Waals surface area (Å²) >= 11 is 0. The van der Waals surface area contributed by atoms with E-state index in [-0.39, 0.29) is 11.9 Å². The van der Waals surface area contributed by atoms with Crippen LogP contribution >= 0.6 is 0 Å². The summed E-state index contributed by atoms with van der Waals surface area (Å²) in [6, 6.07) is 12.3. The van der Waals surface area contributed by atoms with Crippen LogP contribution in [-0.4, -0.2) is 57.2 Å². The summed E-state index contributed by atoms with van der Waals surface area (Å²) in [6.45, 7) is 5.61. The Bertz CT molecular complexity index is 848. The van der Waals surface area contributed by atoms with Gasteiger partial charge in [0.25, 0.3) is 5.91 Å². The van der Waals surface area contributed by atoms with Crippen molar-refractivity contribution in [2.75, 3.05) is 51.3 Å². The molecular weight excluding hydrogens is 407 g/mol. The molecule has 1 amide bonds. The fourth-order valence-electron chi connectivity index (χ4n) is 3.58. The van der Waals surface area contributed by atoms with Gasteiger partial charge in [0.1, 0.15) is 0 Å². The number of carbonyl (C=O) groups excluding carboxylic acids is 1. The molecule has 0 saturated carbocycles. The number of amides is 1. The maximum Gasteiger partial charge on any atom is 0.416 e. The molecule has 0 radical (unpaired) electrons. The van der Waals surface area contributed by atoms with E-state index in [9.17, 15) is 18.0 Å². The average Bonchev–Trinajstić information content (AvgIpc) is 2.79. The monoisotopic (exact) mass is 435 g/mol. The Hall–Kier alpha value is -2.58. The third-order valence-electron chi connectivity index (χ3n) is 5.61. The fourth-order valence-corrected chi connectivity index (χ4v) is 3.58. The number of hydrogen-bond acceptors (Lipinski definition) is 4. The number of carbonyl (C=O) groups is 1. The van der Waals surface area contributed by atoms with Crippen LogP contribution < -0.4 is 10.2 Å². The lowest BCUT2D eigenvalue weighted by Crippen LogP contribution is -2.43. The van der Waals surface area contributed by atoms with E-state index in [0.717, 1.165) is 29.9 Å². The number of nitrogens with zero attached hydrogens (tertiary/aromatic N) is 2. The van der Waals surface area contributed by atoms with E-state index in [4.69, 9.17) is 4.74 Å². The van der Waals surface area contributed by atoms with Crippen LogP contribution in [0.2, 0.25) is 0 Å². The second-order valence-corrected chi connectivity index (χ2v) is 7.55. The molecule has 0 bridgehead atoms. The normalized spacial score (nSPS) is 16.0. The van der Waals surface area contributed by atoms with Crippen LogP contribution in [0.1, 0.15) is 34.5 Å². The van der Waals surface area contributed by atoms with Crippen molar-refractivity contribution in [2.45, 2.75) is 19.1 Å². The first kappa shape index (κ1) is 23.1. The smallest absolute Gasteiger partial charge is 0.379 e. The van der Waals surface area contributed by atoms with Crippen LogP contribution in [-0.2, 0) is 10.9 Å². The van der Waals surface area contributed by atoms with E-state index in [1.54, 1.807) is 12.1 Å². The zero-order valence-electron chi connectivity index (χ0n) is 17.8. The highest BCUT2D eigenvalue weighted by atomic mass is 19.4. The molecule has 1 aliphatic heterocycles. The number of nitrogens with one attached hydrogen (secondary N) is 1. The first-order chi connectivity index (χ1) is 14.8. The minimum atomic E-state index is -4.38. The number of morpholine rings is 1. The summed E-state index contributed by atoms with van der Waals surface area (Å²) in [5.41, 5.74) is 1.62. The van der Waals surface area contributed by atoms with E-state index in [0.29, 0.717) is 38.4 Å². The molecule has 1 heterocycles. The maximum absolute atomic E-state index is 12.9. The summed E-state index contributed by atoms with van der Waals surface area (Å²) in [7, 11) is 1.98. The number of rotatable bonds is 7. The Morgan fingerprint density at radius 3 is 2.26 bits per heavy atom. The van der Waals surface area contributed by atoms with Crippen molar-refractivity contribution in [1.82, 2.24) is 10.2 Å². The largest absolute Gasteiger partial charge is 0.416 e. The van der Waals surface area contributed by atoms with Gasteiger partial charge in [-0.2, -0.15) is 13.2 Å².